The summed E-state index contributed by atoms with van der Waals surface area (Å²) >= 11 is 0. The third-order valence-electron chi connectivity index (χ3n) is 3.70. The van der Waals surface area contributed by atoms with Crippen molar-refractivity contribution in [1.82, 2.24) is 14.5 Å². The summed E-state index contributed by atoms with van der Waals surface area (Å²) in [5.74, 6) is -0.490. The Balaban J connectivity index is 2.22. The maximum absolute atomic E-state index is 13.1. The lowest BCUT2D eigenvalue weighted by Crippen LogP contribution is -2.26. The van der Waals surface area contributed by atoms with E-state index in [1.165, 1.54) is 17.0 Å². The van der Waals surface area contributed by atoms with Crippen LogP contribution in [0.25, 0.3) is 21.9 Å². The molecule has 2 aromatic heterocycles. The van der Waals surface area contributed by atoms with Gasteiger partial charge in [0.2, 0.25) is 0 Å². The van der Waals surface area contributed by atoms with Crippen molar-refractivity contribution in [2.75, 3.05) is 5.73 Å². The number of ether oxygens (including phenoxy) is 1. The fraction of sp³-hybridized carbons (Fsp3) is 0.353. The molecule has 0 amide bonds. The molecular formula is C17H17F3N4O2. The fourth-order valence-corrected chi connectivity index (χ4v) is 2.78. The standard InChI is InChI=1S/C17H17F3N4O2/c1-16(2,3)26-12(25)7-24-11-5-4-9(17(18,19)20)6-10(11)13-14(21)22-8-23-15(13)24/h4-6,8H,7H2,1-3H3,(H2,21,22,23). The number of carbonyl (C=O) groups is 1. The molecular weight excluding hydrogens is 349 g/mol. The van der Waals surface area contributed by atoms with Gasteiger partial charge in [0.15, 0.2) is 0 Å². The number of halogens is 3. The van der Waals surface area contributed by atoms with Crippen molar-refractivity contribution < 1.29 is 22.7 Å². The van der Waals surface area contributed by atoms with Gasteiger partial charge in [-0.05, 0) is 39.0 Å². The molecule has 2 N–H and O–H groups in total. The SMILES string of the molecule is CC(C)(C)OC(=O)Cn1c2ccc(C(F)(F)F)cc2c2c(N)ncnc21. The van der Waals surface area contributed by atoms with E-state index >= 15 is 0 Å². The molecule has 0 fully saturated rings. The molecule has 0 saturated heterocycles. The molecule has 3 rings (SSSR count). The molecule has 1 aromatic carbocycles. The highest BCUT2D eigenvalue weighted by atomic mass is 19.4. The second-order valence-corrected chi connectivity index (χ2v) is 6.86. The van der Waals surface area contributed by atoms with Gasteiger partial charge in [0.05, 0.1) is 16.5 Å². The third-order valence-corrected chi connectivity index (χ3v) is 3.70. The average Bonchev–Trinajstić information content (AvgIpc) is 2.79. The minimum Gasteiger partial charge on any atom is -0.459 e. The van der Waals surface area contributed by atoms with Gasteiger partial charge in [-0.25, -0.2) is 9.97 Å². The van der Waals surface area contributed by atoms with Crippen LogP contribution in [0.3, 0.4) is 0 Å². The van der Waals surface area contributed by atoms with Crippen molar-refractivity contribution in [2.24, 2.45) is 0 Å². The van der Waals surface area contributed by atoms with Gasteiger partial charge in [-0.2, -0.15) is 13.2 Å². The molecule has 26 heavy (non-hydrogen) atoms. The molecule has 9 heteroatoms. The quantitative estimate of drug-likeness (QED) is 0.702. The van der Waals surface area contributed by atoms with Gasteiger partial charge in [0.1, 0.15) is 29.9 Å². The van der Waals surface area contributed by atoms with Gasteiger partial charge in [0.25, 0.3) is 0 Å². The molecule has 0 unspecified atom stereocenters. The van der Waals surface area contributed by atoms with Gasteiger partial charge in [-0.3, -0.25) is 4.79 Å². The summed E-state index contributed by atoms with van der Waals surface area (Å²) in [7, 11) is 0. The Morgan fingerprint density at radius 2 is 1.92 bits per heavy atom. The van der Waals surface area contributed by atoms with E-state index in [0.29, 0.717) is 5.52 Å². The molecule has 3 aromatic rings. The first-order valence-electron chi connectivity index (χ1n) is 7.79. The lowest BCUT2D eigenvalue weighted by molar-refractivity contribution is -0.155. The maximum atomic E-state index is 13.1. The van der Waals surface area contributed by atoms with Gasteiger partial charge in [-0.15, -0.1) is 0 Å². The van der Waals surface area contributed by atoms with Gasteiger partial charge >= 0.3 is 12.1 Å². The lowest BCUT2D eigenvalue weighted by Gasteiger charge is -2.20. The first-order chi connectivity index (χ1) is 12.0. The summed E-state index contributed by atoms with van der Waals surface area (Å²) in [6, 6.07) is 3.24. The van der Waals surface area contributed by atoms with E-state index < -0.39 is 23.3 Å². The monoisotopic (exact) mass is 366 g/mol. The molecule has 0 bridgehead atoms. The Labute approximate surface area is 146 Å². The van der Waals surface area contributed by atoms with E-state index in [4.69, 9.17) is 10.5 Å². The number of benzene rings is 1. The van der Waals surface area contributed by atoms with E-state index in [2.05, 4.69) is 9.97 Å². The van der Waals surface area contributed by atoms with Crippen molar-refractivity contribution in [3.63, 3.8) is 0 Å². The number of esters is 1. The van der Waals surface area contributed by atoms with Gasteiger partial charge in [-0.1, -0.05) is 0 Å². The second kappa shape index (κ2) is 5.86. The smallest absolute Gasteiger partial charge is 0.416 e. The average molecular weight is 366 g/mol. The van der Waals surface area contributed by atoms with Crippen LogP contribution in [-0.2, 0) is 22.3 Å². The van der Waals surface area contributed by atoms with Crippen LogP contribution >= 0.6 is 0 Å². The lowest BCUT2D eigenvalue weighted by atomic mass is 10.1. The van der Waals surface area contributed by atoms with E-state index in [0.717, 1.165) is 12.1 Å². The molecule has 0 radical (unpaired) electrons. The molecule has 0 atom stereocenters. The number of nitrogen functional groups attached to an aromatic ring is 1. The van der Waals surface area contributed by atoms with E-state index in [-0.39, 0.29) is 28.8 Å². The zero-order valence-corrected chi connectivity index (χ0v) is 14.4. The van der Waals surface area contributed by atoms with Crippen LogP contribution in [0.1, 0.15) is 26.3 Å². The normalized spacial score (nSPS) is 12.7. The number of hydrogen-bond donors (Lipinski definition) is 1. The van der Waals surface area contributed by atoms with Crippen LogP contribution in [0.15, 0.2) is 24.5 Å². The molecule has 0 saturated carbocycles. The number of anilines is 1. The molecule has 138 valence electrons. The fourth-order valence-electron chi connectivity index (χ4n) is 2.78. The van der Waals surface area contributed by atoms with Crippen molar-refractivity contribution in [3.05, 3.63) is 30.1 Å². The number of hydrogen-bond acceptors (Lipinski definition) is 5. The number of alkyl halides is 3. The summed E-state index contributed by atoms with van der Waals surface area (Å²) in [5.41, 5.74) is 5.03. The van der Waals surface area contributed by atoms with Crippen LogP contribution in [0, 0.1) is 0 Å². The van der Waals surface area contributed by atoms with Crippen molar-refractivity contribution in [2.45, 2.75) is 39.1 Å². The predicted octanol–water partition coefficient (Wildman–Crippen LogP) is 3.53. The second-order valence-electron chi connectivity index (χ2n) is 6.86. The Morgan fingerprint density at radius 3 is 2.54 bits per heavy atom. The molecule has 0 spiro atoms. The van der Waals surface area contributed by atoms with Crippen LogP contribution in [0.5, 0.6) is 0 Å². The molecule has 0 aliphatic carbocycles. The Kier molecular flexibility index (Phi) is 4.05. The van der Waals surface area contributed by atoms with Crippen molar-refractivity contribution in [1.29, 1.82) is 0 Å². The first-order valence-corrected chi connectivity index (χ1v) is 7.79. The number of nitrogens with zero attached hydrogens (tertiary/aromatic N) is 3. The summed E-state index contributed by atoms with van der Waals surface area (Å²) in [6.07, 6.45) is -3.30. The van der Waals surface area contributed by atoms with Gasteiger partial charge < -0.3 is 15.0 Å². The number of aromatic nitrogens is 3. The largest absolute Gasteiger partial charge is 0.459 e. The highest BCUT2D eigenvalue weighted by Gasteiger charge is 2.31. The zero-order chi connectivity index (χ0) is 19.3. The Bertz CT molecular complexity index is 1000. The molecule has 6 nitrogen and oxygen atoms in total. The number of fused-ring (bicyclic) bond motifs is 3. The topological polar surface area (TPSA) is 83.0 Å². The van der Waals surface area contributed by atoms with Crippen LogP contribution in [0.2, 0.25) is 0 Å². The van der Waals surface area contributed by atoms with Crippen LogP contribution in [-0.4, -0.2) is 26.1 Å². The highest BCUT2D eigenvalue weighted by Crippen LogP contribution is 2.36. The van der Waals surface area contributed by atoms with Gasteiger partial charge in [0, 0.05) is 5.39 Å². The predicted molar refractivity (Wildman–Crippen MR) is 90.3 cm³/mol. The molecule has 0 aliphatic rings. The number of nitrogens with two attached hydrogens (primary N) is 1. The molecule has 2 heterocycles. The summed E-state index contributed by atoms with van der Waals surface area (Å²) < 4.78 is 46.0. The third kappa shape index (κ3) is 3.29. The Morgan fingerprint density at radius 1 is 1.23 bits per heavy atom. The Hall–Kier alpha value is -2.84. The highest BCUT2D eigenvalue weighted by molar-refractivity contribution is 6.11. The zero-order valence-electron chi connectivity index (χ0n) is 14.4. The van der Waals surface area contributed by atoms with Crippen LogP contribution < -0.4 is 5.73 Å². The van der Waals surface area contributed by atoms with E-state index in [1.54, 1.807) is 20.8 Å². The van der Waals surface area contributed by atoms with Crippen molar-refractivity contribution in [3.8, 4) is 0 Å². The summed E-state index contributed by atoms with van der Waals surface area (Å²) in [4.78, 5) is 20.2. The summed E-state index contributed by atoms with van der Waals surface area (Å²) in [6.45, 7) is 4.98. The minimum atomic E-state index is -4.50. The minimum absolute atomic E-state index is 0.0438. The van der Waals surface area contributed by atoms with E-state index in [1.807, 2.05) is 0 Å². The molecule has 0 aliphatic heterocycles. The van der Waals surface area contributed by atoms with E-state index in [9.17, 15) is 18.0 Å². The number of rotatable bonds is 2. The summed E-state index contributed by atoms with van der Waals surface area (Å²) in [5, 5.41) is 0.508. The van der Waals surface area contributed by atoms with Crippen LogP contribution in [0.4, 0.5) is 19.0 Å². The van der Waals surface area contributed by atoms with Crippen molar-refractivity contribution >= 4 is 33.7 Å². The number of carbonyl (C=O) groups excluding carboxylic acids is 1. The first kappa shape index (κ1) is 18.0. The maximum Gasteiger partial charge on any atom is 0.416 e.